The zero-order valence-corrected chi connectivity index (χ0v) is 15.0. The first kappa shape index (κ1) is 15.8. The Morgan fingerprint density at radius 2 is 2.00 bits per heavy atom. The maximum atomic E-state index is 13.8. The third-order valence-electron chi connectivity index (χ3n) is 4.30. The Labute approximate surface area is 148 Å². The van der Waals surface area contributed by atoms with Crippen molar-refractivity contribution in [2.75, 3.05) is 0 Å². The molecule has 0 radical (unpaired) electrons. The lowest BCUT2D eigenvalue weighted by Crippen LogP contribution is -2.39. The van der Waals surface area contributed by atoms with E-state index in [9.17, 15) is 14.0 Å². The number of H-pyrrole nitrogens is 1. The van der Waals surface area contributed by atoms with Gasteiger partial charge in [0.15, 0.2) is 15.9 Å². The number of fused-ring (bicyclic) bond motifs is 2. The summed E-state index contributed by atoms with van der Waals surface area (Å²) in [6.45, 7) is 0.0123. The minimum atomic E-state index is -0.484. The molecule has 3 heterocycles. The van der Waals surface area contributed by atoms with E-state index in [1.165, 1.54) is 10.6 Å². The summed E-state index contributed by atoms with van der Waals surface area (Å²) in [6, 6.07) is 6.46. The van der Waals surface area contributed by atoms with Crippen LogP contribution in [0.1, 0.15) is 5.69 Å². The van der Waals surface area contributed by atoms with Crippen molar-refractivity contribution in [3.05, 3.63) is 61.3 Å². The van der Waals surface area contributed by atoms with Gasteiger partial charge in [-0.25, -0.2) is 14.2 Å². The van der Waals surface area contributed by atoms with Gasteiger partial charge in [-0.1, -0.05) is 12.1 Å². The zero-order valence-electron chi connectivity index (χ0n) is 13.4. The number of aromatic amines is 1. The third-order valence-corrected chi connectivity index (χ3v) is 5.00. The SMILES string of the molecule is Cn1c(Br)nc2c1c(=O)n(Cc1cc3cccc(F)c3[nH]1)c(=O)n2C. The fourth-order valence-corrected chi connectivity index (χ4v) is 3.33. The molecule has 7 nitrogen and oxygen atoms in total. The van der Waals surface area contributed by atoms with E-state index in [4.69, 9.17) is 0 Å². The molecule has 0 aliphatic rings. The lowest BCUT2D eigenvalue weighted by Gasteiger charge is -2.07. The van der Waals surface area contributed by atoms with E-state index >= 15 is 0 Å². The van der Waals surface area contributed by atoms with E-state index in [2.05, 4.69) is 25.9 Å². The minimum Gasteiger partial charge on any atom is -0.355 e. The highest BCUT2D eigenvalue weighted by molar-refractivity contribution is 9.10. The highest BCUT2D eigenvalue weighted by Crippen LogP contribution is 2.19. The molecule has 1 N–H and O–H groups in total. The van der Waals surface area contributed by atoms with Crippen molar-refractivity contribution in [3.63, 3.8) is 0 Å². The van der Waals surface area contributed by atoms with Gasteiger partial charge < -0.3 is 9.55 Å². The molecule has 0 saturated carbocycles. The van der Waals surface area contributed by atoms with Gasteiger partial charge in [-0.15, -0.1) is 0 Å². The molecule has 0 aliphatic carbocycles. The van der Waals surface area contributed by atoms with Crippen LogP contribution < -0.4 is 11.2 Å². The molecule has 0 unspecified atom stereocenters. The Morgan fingerprint density at radius 1 is 1.24 bits per heavy atom. The Balaban J connectivity index is 1.94. The van der Waals surface area contributed by atoms with Gasteiger partial charge in [0.25, 0.3) is 5.56 Å². The van der Waals surface area contributed by atoms with Crippen molar-refractivity contribution >= 4 is 38.0 Å². The number of nitrogens with zero attached hydrogens (tertiary/aromatic N) is 4. The van der Waals surface area contributed by atoms with Crippen LogP contribution in [0.25, 0.3) is 22.1 Å². The van der Waals surface area contributed by atoms with Crippen LogP contribution in [0.15, 0.2) is 38.6 Å². The number of halogens is 2. The molecule has 4 aromatic rings. The molecular weight excluding hydrogens is 393 g/mol. The Kier molecular flexibility index (Phi) is 3.43. The Hall–Kier alpha value is -2.68. The predicted octanol–water partition coefficient (Wildman–Crippen LogP) is 1.86. The summed E-state index contributed by atoms with van der Waals surface area (Å²) >= 11 is 3.26. The fourth-order valence-electron chi connectivity index (χ4n) is 2.99. The van der Waals surface area contributed by atoms with Gasteiger partial charge in [-0.2, -0.15) is 0 Å². The van der Waals surface area contributed by atoms with Crippen molar-refractivity contribution in [2.45, 2.75) is 6.54 Å². The number of aryl methyl sites for hydroxylation is 2. The van der Waals surface area contributed by atoms with Crippen LogP contribution in [0, 0.1) is 5.82 Å². The number of hydrogen-bond acceptors (Lipinski definition) is 3. The summed E-state index contributed by atoms with van der Waals surface area (Å²) in [4.78, 5) is 32.5. The molecule has 0 aliphatic heterocycles. The lowest BCUT2D eigenvalue weighted by atomic mass is 10.2. The first-order valence-corrected chi connectivity index (χ1v) is 8.25. The minimum absolute atomic E-state index is 0.0123. The maximum Gasteiger partial charge on any atom is 0.332 e. The van der Waals surface area contributed by atoms with Crippen LogP contribution in [0.3, 0.4) is 0 Å². The monoisotopic (exact) mass is 405 g/mol. The van der Waals surface area contributed by atoms with Crippen LogP contribution in [0.4, 0.5) is 4.39 Å². The van der Waals surface area contributed by atoms with Crippen molar-refractivity contribution in [3.8, 4) is 0 Å². The Morgan fingerprint density at radius 3 is 2.72 bits per heavy atom. The van der Waals surface area contributed by atoms with Crippen LogP contribution in [0.5, 0.6) is 0 Å². The quantitative estimate of drug-likeness (QED) is 0.517. The summed E-state index contributed by atoms with van der Waals surface area (Å²) < 4.78 is 18.3. The normalized spacial score (nSPS) is 11.7. The summed E-state index contributed by atoms with van der Waals surface area (Å²) in [7, 11) is 3.25. The highest BCUT2D eigenvalue weighted by Gasteiger charge is 2.18. The molecule has 0 spiro atoms. The first-order valence-electron chi connectivity index (χ1n) is 7.46. The summed E-state index contributed by atoms with van der Waals surface area (Å²) in [6.07, 6.45) is 0. The second-order valence-corrected chi connectivity index (χ2v) is 6.55. The van der Waals surface area contributed by atoms with Crippen LogP contribution >= 0.6 is 15.9 Å². The van der Waals surface area contributed by atoms with Gasteiger partial charge in [-0.05, 0) is 28.1 Å². The number of nitrogens with one attached hydrogen (secondary N) is 1. The van der Waals surface area contributed by atoms with E-state index in [-0.39, 0.29) is 12.4 Å². The van der Waals surface area contributed by atoms with Gasteiger partial charge >= 0.3 is 5.69 Å². The molecule has 4 rings (SSSR count). The zero-order chi connectivity index (χ0) is 17.9. The van der Waals surface area contributed by atoms with Crippen LogP contribution in [0.2, 0.25) is 0 Å². The van der Waals surface area contributed by atoms with E-state index in [1.54, 1.807) is 36.9 Å². The van der Waals surface area contributed by atoms with Crippen molar-refractivity contribution in [2.24, 2.45) is 14.1 Å². The molecule has 0 amide bonds. The fraction of sp³-hybridized carbons (Fsp3) is 0.188. The number of para-hydroxylation sites is 1. The number of aromatic nitrogens is 5. The van der Waals surface area contributed by atoms with Crippen LogP contribution in [-0.4, -0.2) is 23.7 Å². The molecular formula is C16H13BrFN5O2. The molecule has 9 heteroatoms. The highest BCUT2D eigenvalue weighted by atomic mass is 79.9. The topological polar surface area (TPSA) is 77.6 Å². The van der Waals surface area contributed by atoms with E-state index < -0.39 is 11.2 Å². The van der Waals surface area contributed by atoms with Gasteiger partial charge in [0.1, 0.15) is 5.82 Å². The predicted molar refractivity (Wildman–Crippen MR) is 95.3 cm³/mol. The van der Waals surface area contributed by atoms with Gasteiger partial charge in [0, 0.05) is 25.2 Å². The average molecular weight is 406 g/mol. The smallest absolute Gasteiger partial charge is 0.332 e. The molecule has 25 heavy (non-hydrogen) atoms. The van der Waals surface area contributed by atoms with E-state index in [0.717, 1.165) is 4.57 Å². The number of benzene rings is 1. The molecule has 1 aromatic carbocycles. The standard InChI is InChI=1S/C16H13BrFN5O2/c1-21-12-13(20-15(21)17)22(2)16(25)23(14(12)24)7-9-6-8-4-3-5-10(18)11(8)19-9/h3-6,19H,7H2,1-2H3. The average Bonchev–Trinajstić information content (AvgIpc) is 3.12. The summed E-state index contributed by atoms with van der Waals surface area (Å²) in [5.74, 6) is -0.380. The molecule has 0 atom stereocenters. The van der Waals surface area contributed by atoms with Crippen molar-refractivity contribution in [1.29, 1.82) is 0 Å². The number of rotatable bonds is 2. The third kappa shape index (κ3) is 2.26. The second kappa shape index (κ2) is 5.41. The molecule has 0 fully saturated rings. The largest absolute Gasteiger partial charge is 0.355 e. The van der Waals surface area contributed by atoms with Gasteiger partial charge in [0.05, 0.1) is 12.1 Å². The van der Waals surface area contributed by atoms with Gasteiger partial charge in [0.2, 0.25) is 0 Å². The molecule has 128 valence electrons. The van der Waals surface area contributed by atoms with Gasteiger partial charge in [-0.3, -0.25) is 13.9 Å². The summed E-state index contributed by atoms with van der Waals surface area (Å²) in [5.41, 5.74) is 0.617. The number of hydrogen-bond donors (Lipinski definition) is 1. The Bertz CT molecular complexity index is 1260. The first-order chi connectivity index (χ1) is 11.9. The van der Waals surface area contributed by atoms with Crippen LogP contribution in [-0.2, 0) is 20.6 Å². The molecule has 0 bridgehead atoms. The molecule has 3 aromatic heterocycles. The van der Waals surface area contributed by atoms with Crippen molar-refractivity contribution < 1.29 is 4.39 Å². The van der Waals surface area contributed by atoms with E-state index in [1.807, 2.05) is 0 Å². The van der Waals surface area contributed by atoms with E-state index in [0.29, 0.717) is 32.5 Å². The molecule has 0 saturated heterocycles. The maximum absolute atomic E-state index is 13.8. The summed E-state index contributed by atoms with van der Waals surface area (Å²) in [5, 5.41) is 0.684. The van der Waals surface area contributed by atoms with Crippen molar-refractivity contribution in [1.82, 2.24) is 23.7 Å². The second-order valence-electron chi connectivity index (χ2n) is 5.84. The lowest BCUT2D eigenvalue weighted by molar-refractivity contribution is 0.633. The number of imidazole rings is 1.